The van der Waals surface area contributed by atoms with Gasteiger partial charge in [-0.25, -0.2) is 0 Å². The first kappa shape index (κ1) is 13.6. The van der Waals surface area contributed by atoms with Gasteiger partial charge < -0.3 is 10.1 Å². The van der Waals surface area contributed by atoms with Crippen molar-refractivity contribution in [3.63, 3.8) is 0 Å². The van der Waals surface area contributed by atoms with Crippen LogP contribution >= 0.6 is 0 Å². The number of anilines is 1. The van der Waals surface area contributed by atoms with Crippen LogP contribution in [0.1, 0.15) is 39.2 Å². The smallest absolute Gasteiger partial charge is 0.325 e. The highest BCUT2D eigenvalue weighted by Crippen LogP contribution is 2.23. The molecule has 0 radical (unpaired) electrons. The molecular formula is C14H21NO2. The fourth-order valence-corrected chi connectivity index (χ4v) is 1.63. The molecule has 1 aromatic rings. The van der Waals surface area contributed by atoms with Gasteiger partial charge in [-0.2, -0.15) is 0 Å². The van der Waals surface area contributed by atoms with E-state index in [1.165, 1.54) is 5.56 Å². The van der Waals surface area contributed by atoms with Crippen LogP contribution in [0.3, 0.4) is 0 Å². The molecule has 1 rings (SSSR count). The SMILES string of the molecule is CC(C)OC(=O)CNc1ccccc1C(C)C. The zero-order chi connectivity index (χ0) is 12.8. The molecule has 0 fully saturated rings. The molecule has 0 spiro atoms. The molecule has 0 saturated heterocycles. The Morgan fingerprint density at radius 2 is 1.88 bits per heavy atom. The molecule has 0 bridgehead atoms. The van der Waals surface area contributed by atoms with Crippen molar-refractivity contribution in [2.45, 2.75) is 39.7 Å². The topological polar surface area (TPSA) is 38.3 Å². The van der Waals surface area contributed by atoms with E-state index in [1.807, 2.05) is 32.0 Å². The standard InChI is InChI=1S/C14H21NO2/c1-10(2)12-7-5-6-8-13(12)15-9-14(16)17-11(3)4/h5-8,10-11,15H,9H2,1-4H3. The van der Waals surface area contributed by atoms with Crippen LogP contribution in [-0.4, -0.2) is 18.6 Å². The number of carbonyl (C=O) groups excluding carboxylic acids is 1. The normalized spacial score (nSPS) is 10.7. The van der Waals surface area contributed by atoms with Crippen molar-refractivity contribution in [1.29, 1.82) is 0 Å². The number of carbonyl (C=O) groups is 1. The van der Waals surface area contributed by atoms with Crippen LogP contribution in [0.15, 0.2) is 24.3 Å². The molecule has 0 amide bonds. The van der Waals surface area contributed by atoms with Crippen molar-refractivity contribution < 1.29 is 9.53 Å². The number of rotatable bonds is 5. The third kappa shape index (κ3) is 4.47. The highest BCUT2D eigenvalue weighted by Gasteiger charge is 2.08. The molecule has 0 aliphatic heterocycles. The summed E-state index contributed by atoms with van der Waals surface area (Å²) in [5, 5.41) is 3.13. The minimum Gasteiger partial charge on any atom is -0.462 e. The average Bonchev–Trinajstić information content (AvgIpc) is 2.25. The van der Waals surface area contributed by atoms with E-state index in [2.05, 4.69) is 25.2 Å². The predicted molar refractivity (Wildman–Crippen MR) is 70.2 cm³/mol. The van der Waals surface area contributed by atoms with Crippen molar-refractivity contribution in [2.75, 3.05) is 11.9 Å². The molecule has 0 saturated carbocycles. The Balaban J connectivity index is 2.60. The summed E-state index contributed by atoms with van der Waals surface area (Å²) in [5.41, 5.74) is 2.22. The molecular weight excluding hydrogens is 214 g/mol. The van der Waals surface area contributed by atoms with Crippen LogP contribution in [0.25, 0.3) is 0 Å². The highest BCUT2D eigenvalue weighted by atomic mass is 16.5. The lowest BCUT2D eigenvalue weighted by molar-refractivity contribution is -0.145. The molecule has 0 aliphatic rings. The summed E-state index contributed by atoms with van der Waals surface area (Å²) in [6.45, 7) is 8.17. The Kier molecular flexibility index (Phi) is 5.01. The largest absolute Gasteiger partial charge is 0.462 e. The summed E-state index contributed by atoms with van der Waals surface area (Å²) >= 11 is 0. The van der Waals surface area contributed by atoms with Gasteiger partial charge in [-0.05, 0) is 31.4 Å². The summed E-state index contributed by atoms with van der Waals surface area (Å²) in [4.78, 5) is 11.4. The first-order valence-corrected chi connectivity index (χ1v) is 6.03. The molecule has 1 N–H and O–H groups in total. The van der Waals surface area contributed by atoms with Gasteiger partial charge >= 0.3 is 5.97 Å². The number of ether oxygens (including phenoxy) is 1. The van der Waals surface area contributed by atoms with E-state index in [0.29, 0.717) is 5.92 Å². The molecule has 0 heterocycles. The second-order valence-electron chi connectivity index (χ2n) is 4.63. The summed E-state index contributed by atoms with van der Waals surface area (Å²) in [6.07, 6.45) is -0.0651. The van der Waals surface area contributed by atoms with E-state index >= 15 is 0 Å². The highest BCUT2D eigenvalue weighted by molar-refractivity contribution is 5.75. The van der Waals surface area contributed by atoms with Crippen LogP contribution in [-0.2, 0) is 9.53 Å². The van der Waals surface area contributed by atoms with Gasteiger partial charge in [0.1, 0.15) is 6.54 Å². The summed E-state index contributed by atoms with van der Waals surface area (Å²) in [7, 11) is 0. The van der Waals surface area contributed by atoms with Crippen molar-refractivity contribution in [1.82, 2.24) is 0 Å². The average molecular weight is 235 g/mol. The van der Waals surface area contributed by atoms with Crippen molar-refractivity contribution in [2.24, 2.45) is 0 Å². The van der Waals surface area contributed by atoms with Gasteiger partial charge in [-0.3, -0.25) is 4.79 Å². The lowest BCUT2D eigenvalue weighted by Crippen LogP contribution is -2.20. The number of hydrogen-bond acceptors (Lipinski definition) is 3. The van der Waals surface area contributed by atoms with E-state index in [1.54, 1.807) is 0 Å². The maximum Gasteiger partial charge on any atom is 0.325 e. The second-order valence-corrected chi connectivity index (χ2v) is 4.63. The van der Waals surface area contributed by atoms with Crippen LogP contribution < -0.4 is 5.32 Å². The lowest BCUT2D eigenvalue weighted by Gasteiger charge is -2.14. The van der Waals surface area contributed by atoms with Crippen LogP contribution in [0.5, 0.6) is 0 Å². The Bertz CT molecular complexity index is 372. The molecule has 0 unspecified atom stereocenters. The molecule has 17 heavy (non-hydrogen) atoms. The fourth-order valence-electron chi connectivity index (χ4n) is 1.63. The van der Waals surface area contributed by atoms with E-state index in [4.69, 9.17) is 4.74 Å². The third-order valence-electron chi connectivity index (χ3n) is 2.37. The fraction of sp³-hybridized carbons (Fsp3) is 0.500. The van der Waals surface area contributed by atoms with Gasteiger partial charge in [0, 0.05) is 5.69 Å². The molecule has 0 aliphatic carbocycles. The maximum atomic E-state index is 11.4. The third-order valence-corrected chi connectivity index (χ3v) is 2.37. The monoisotopic (exact) mass is 235 g/mol. The lowest BCUT2D eigenvalue weighted by atomic mass is 10.0. The first-order chi connectivity index (χ1) is 8.00. The van der Waals surface area contributed by atoms with Gasteiger partial charge in [0.05, 0.1) is 6.10 Å². The van der Waals surface area contributed by atoms with Gasteiger partial charge in [-0.1, -0.05) is 32.0 Å². The molecule has 0 aromatic heterocycles. The van der Waals surface area contributed by atoms with Crippen LogP contribution in [0.2, 0.25) is 0 Å². The maximum absolute atomic E-state index is 11.4. The Hall–Kier alpha value is -1.51. The Morgan fingerprint density at radius 3 is 2.47 bits per heavy atom. The van der Waals surface area contributed by atoms with Gasteiger partial charge in [0.15, 0.2) is 0 Å². The van der Waals surface area contributed by atoms with E-state index in [0.717, 1.165) is 5.69 Å². The molecule has 1 aromatic carbocycles. The molecule has 94 valence electrons. The second kappa shape index (κ2) is 6.28. The minimum absolute atomic E-state index is 0.0651. The van der Waals surface area contributed by atoms with Crippen LogP contribution in [0.4, 0.5) is 5.69 Å². The van der Waals surface area contributed by atoms with Crippen LogP contribution in [0, 0.1) is 0 Å². The predicted octanol–water partition coefficient (Wildman–Crippen LogP) is 3.17. The summed E-state index contributed by atoms with van der Waals surface area (Å²) < 4.78 is 5.07. The summed E-state index contributed by atoms with van der Waals surface area (Å²) in [6, 6.07) is 8.02. The number of nitrogens with one attached hydrogen (secondary N) is 1. The number of esters is 1. The minimum atomic E-state index is -0.224. The number of benzene rings is 1. The zero-order valence-electron chi connectivity index (χ0n) is 11.0. The van der Waals surface area contributed by atoms with Gasteiger partial charge in [0.25, 0.3) is 0 Å². The van der Waals surface area contributed by atoms with Crippen molar-refractivity contribution >= 4 is 11.7 Å². The molecule has 0 atom stereocenters. The quantitative estimate of drug-likeness (QED) is 0.797. The number of hydrogen-bond donors (Lipinski definition) is 1. The Labute approximate surface area is 103 Å². The molecule has 3 nitrogen and oxygen atoms in total. The molecule has 3 heteroatoms. The Morgan fingerprint density at radius 1 is 1.24 bits per heavy atom. The van der Waals surface area contributed by atoms with E-state index in [-0.39, 0.29) is 18.6 Å². The van der Waals surface area contributed by atoms with Gasteiger partial charge in [0.2, 0.25) is 0 Å². The van der Waals surface area contributed by atoms with Crippen molar-refractivity contribution in [3.05, 3.63) is 29.8 Å². The number of para-hydroxylation sites is 1. The van der Waals surface area contributed by atoms with E-state index < -0.39 is 0 Å². The summed E-state index contributed by atoms with van der Waals surface area (Å²) in [5.74, 6) is 0.207. The van der Waals surface area contributed by atoms with E-state index in [9.17, 15) is 4.79 Å². The first-order valence-electron chi connectivity index (χ1n) is 6.03. The van der Waals surface area contributed by atoms with Gasteiger partial charge in [-0.15, -0.1) is 0 Å². The zero-order valence-corrected chi connectivity index (χ0v) is 11.0. The van der Waals surface area contributed by atoms with Crippen molar-refractivity contribution in [3.8, 4) is 0 Å².